The number of hydrogen-bond acceptors (Lipinski definition) is 5. The van der Waals surface area contributed by atoms with Crippen molar-refractivity contribution in [3.8, 4) is 16.8 Å². The van der Waals surface area contributed by atoms with Crippen LogP contribution in [0.15, 0.2) is 73.3 Å². The summed E-state index contributed by atoms with van der Waals surface area (Å²) in [6, 6.07) is 11.7. The zero-order valence-corrected chi connectivity index (χ0v) is 21.7. The fourth-order valence-corrected chi connectivity index (χ4v) is 4.32. The van der Waals surface area contributed by atoms with E-state index in [2.05, 4.69) is 20.7 Å². The van der Waals surface area contributed by atoms with Gasteiger partial charge in [-0.15, -0.1) is 0 Å². The number of benzene rings is 2. The molecule has 0 atom stereocenters. The fourth-order valence-electron chi connectivity index (χ4n) is 4.32. The van der Waals surface area contributed by atoms with E-state index in [4.69, 9.17) is 4.74 Å². The Kier molecular flexibility index (Phi) is 7.16. The maximum atomic E-state index is 13.0. The lowest BCUT2D eigenvalue weighted by Gasteiger charge is -2.36. The van der Waals surface area contributed by atoms with Gasteiger partial charge in [-0.1, -0.05) is 24.3 Å². The van der Waals surface area contributed by atoms with Gasteiger partial charge in [0.15, 0.2) is 0 Å². The molecule has 1 aliphatic rings. The first-order valence-electron chi connectivity index (χ1n) is 12.5. The summed E-state index contributed by atoms with van der Waals surface area (Å²) in [5, 5.41) is 10.2. The van der Waals surface area contributed by atoms with Gasteiger partial charge in [-0.05, 0) is 49.2 Å². The van der Waals surface area contributed by atoms with E-state index in [1.807, 2.05) is 19.9 Å². The molecule has 0 radical (unpaired) electrons. The zero-order chi connectivity index (χ0) is 28.5. The fraction of sp³-hybridized carbons (Fsp3) is 0.241. The number of rotatable bonds is 7. The average Bonchev–Trinajstić information content (AvgIpc) is 3.38. The molecule has 5 rings (SSSR count). The number of aryl methyl sites for hydroxylation is 1. The van der Waals surface area contributed by atoms with Crippen molar-refractivity contribution in [3.05, 3.63) is 90.0 Å². The second-order valence-electron chi connectivity index (χ2n) is 10.0. The van der Waals surface area contributed by atoms with E-state index in [9.17, 15) is 22.8 Å². The van der Waals surface area contributed by atoms with Crippen molar-refractivity contribution in [1.82, 2.24) is 14.8 Å². The van der Waals surface area contributed by atoms with Crippen molar-refractivity contribution < 1.29 is 27.5 Å². The first-order chi connectivity index (χ1) is 19.0. The lowest BCUT2D eigenvalue weighted by Crippen LogP contribution is -2.49. The van der Waals surface area contributed by atoms with Crippen LogP contribution >= 0.6 is 0 Å². The number of nitrogens with one attached hydrogen (secondary N) is 2. The summed E-state index contributed by atoms with van der Waals surface area (Å²) >= 11 is 0. The minimum atomic E-state index is -4.48. The van der Waals surface area contributed by atoms with Crippen LogP contribution in [0, 0.1) is 12.3 Å². The predicted molar refractivity (Wildman–Crippen MR) is 143 cm³/mol. The van der Waals surface area contributed by atoms with Crippen molar-refractivity contribution in [1.29, 1.82) is 0 Å². The highest BCUT2D eigenvalue weighted by molar-refractivity contribution is 5.99. The Hall–Kier alpha value is -4.51. The number of halogens is 3. The maximum absolute atomic E-state index is 13.0. The molecule has 8 nitrogen and oxygen atoms in total. The summed E-state index contributed by atoms with van der Waals surface area (Å²) in [5.41, 5.74) is 2.93. The minimum absolute atomic E-state index is 0.136. The summed E-state index contributed by atoms with van der Waals surface area (Å²) in [7, 11) is 0. The quantitative estimate of drug-likeness (QED) is 0.321. The summed E-state index contributed by atoms with van der Waals surface area (Å²) in [4.78, 5) is 29.6. The van der Waals surface area contributed by atoms with Crippen LogP contribution < -0.4 is 10.6 Å². The number of carbonyl (C=O) groups is 2. The highest BCUT2D eigenvalue weighted by atomic mass is 19.4. The van der Waals surface area contributed by atoms with Crippen LogP contribution in [0.4, 0.5) is 24.5 Å². The third-order valence-corrected chi connectivity index (χ3v) is 6.71. The Morgan fingerprint density at radius 2 is 1.88 bits per heavy atom. The normalized spacial score (nSPS) is 14.3. The second-order valence-corrected chi connectivity index (χ2v) is 10.0. The molecule has 2 aromatic heterocycles. The monoisotopic (exact) mass is 549 g/mol. The number of anilines is 2. The molecule has 4 aromatic rings. The van der Waals surface area contributed by atoms with Gasteiger partial charge in [0.05, 0.1) is 48.2 Å². The van der Waals surface area contributed by atoms with E-state index in [1.54, 1.807) is 47.7 Å². The molecule has 11 heteroatoms. The number of hydrogen-bond donors (Lipinski definition) is 2. The van der Waals surface area contributed by atoms with E-state index in [0.717, 1.165) is 23.3 Å². The van der Waals surface area contributed by atoms with Crippen LogP contribution in [0.25, 0.3) is 16.8 Å². The molecular weight excluding hydrogens is 523 g/mol. The van der Waals surface area contributed by atoms with E-state index in [-0.39, 0.29) is 17.9 Å². The molecule has 1 fully saturated rings. The SMILES string of the molecule is Cc1ccc(NC(=O)Cc2cccc(C(F)(F)F)c2)cc1-n1cc(-c2cnccc2NC(=O)C2(C)COC2)cn1. The average molecular weight is 550 g/mol. The maximum Gasteiger partial charge on any atom is 0.416 e. The summed E-state index contributed by atoms with van der Waals surface area (Å²) < 4.78 is 45.9. The first-order valence-corrected chi connectivity index (χ1v) is 12.5. The van der Waals surface area contributed by atoms with Crippen LogP contribution in [0.3, 0.4) is 0 Å². The van der Waals surface area contributed by atoms with Gasteiger partial charge in [0.2, 0.25) is 11.8 Å². The second kappa shape index (κ2) is 10.6. The molecule has 0 bridgehead atoms. The summed E-state index contributed by atoms with van der Waals surface area (Å²) in [6.45, 7) is 4.47. The molecule has 0 saturated carbocycles. The van der Waals surface area contributed by atoms with Gasteiger partial charge in [0, 0.05) is 35.4 Å². The lowest BCUT2D eigenvalue weighted by molar-refractivity contribution is -0.152. The molecule has 3 heterocycles. The Balaban J connectivity index is 1.33. The highest BCUT2D eigenvalue weighted by Gasteiger charge is 2.41. The van der Waals surface area contributed by atoms with Gasteiger partial charge in [0.1, 0.15) is 0 Å². The molecule has 0 aliphatic carbocycles. The van der Waals surface area contributed by atoms with Crippen LogP contribution in [-0.4, -0.2) is 39.8 Å². The third kappa shape index (κ3) is 5.74. The number of aromatic nitrogens is 3. The van der Waals surface area contributed by atoms with Crippen molar-refractivity contribution in [2.75, 3.05) is 23.8 Å². The zero-order valence-electron chi connectivity index (χ0n) is 21.7. The van der Waals surface area contributed by atoms with Gasteiger partial charge in [-0.3, -0.25) is 14.6 Å². The van der Waals surface area contributed by atoms with Crippen LogP contribution in [-0.2, 0) is 26.9 Å². The topological polar surface area (TPSA) is 98.1 Å². The number of ether oxygens (including phenoxy) is 1. The van der Waals surface area contributed by atoms with Gasteiger partial charge >= 0.3 is 6.18 Å². The first kappa shape index (κ1) is 27.1. The van der Waals surface area contributed by atoms with Crippen LogP contribution in [0.5, 0.6) is 0 Å². The van der Waals surface area contributed by atoms with E-state index in [0.29, 0.717) is 35.8 Å². The molecule has 1 saturated heterocycles. The van der Waals surface area contributed by atoms with Gasteiger partial charge in [-0.25, -0.2) is 4.68 Å². The molecule has 2 N–H and O–H groups in total. The Labute approximate surface area is 228 Å². The largest absolute Gasteiger partial charge is 0.416 e. The predicted octanol–water partition coefficient (Wildman–Crippen LogP) is 5.42. The standard InChI is InChI=1S/C29H26F3N5O3/c1-18-6-7-22(35-26(38)11-19-4-3-5-21(10-19)29(30,31)32)12-25(18)37-15-20(13-34-37)23-14-33-9-8-24(23)36-27(39)28(2)16-40-17-28/h3-10,12-15H,11,16-17H2,1-2H3,(H,35,38)(H,33,36,39). The van der Waals surface area contributed by atoms with Crippen molar-refractivity contribution in [2.45, 2.75) is 26.4 Å². The molecule has 1 aliphatic heterocycles. The highest BCUT2D eigenvalue weighted by Crippen LogP contribution is 2.33. The third-order valence-electron chi connectivity index (χ3n) is 6.71. The van der Waals surface area contributed by atoms with E-state index >= 15 is 0 Å². The number of pyridine rings is 1. The molecular formula is C29H26F3N5O3. The smallest absolute Gasteiger partial charge is 0.379 e. The number of alkyl halides is 3. The number of amides is 2. The van der Waals surface area contributed by atoms with Crippen molar-refractivity contribution >= 4 is 23.2 Å². The van der Waals surface area contributed by atoms with Gasteiger partial charge in [-0.2, -0.15) is 18.3 Å². The molecule has 206 valence electrons. The lowest BCUT2D eigenvalue weighted by atomic mass is 9.87. The van der Waals surface area contributed by atoms with E-state index in [1.165, 1.54) is 12.1 Å². The molecule has 2 aromatic carbocycles. The molecule has 40 heavy (non-hydrogen) atoms. The molecule has 2 amide bonds. The van der Waals surface area contributed by atoms with Crippen molar-refractivity contribution in [3.63, 3.8) is 0 Å². The summed E-state index contributed by atoms with van der Waals surface area (Å²) in [6.07, 6.45) is 2.00. The Bertz CT molecular complexity index is 1580. The molecule has 0 spiro atoms. The van der Waals surface area contributed by atoms with Gasteiger partial charge < -0.3 is 15.4 Å². The van der Waals surface area contributed by atoms with E-state index < -0.39 is 23.1 Å². The van der Waals surface area contributed by atoms with Gasteiger partial charge in [0.25, 0.3) is 0 Å². The Morgan fingerprint density at radius 1 is 1.07 bits per heavy atom. The van der Waals surface area contributed by atoms with Crippen LogP contribution in [0.2, 0.25) is 0 Å². The van der Waals surface area contributed by atoms with Crippen LogP contribution in [0.1, 0.15) is 23.6 Å². The Morgan fingerprint density at radius 3 is 2.60 bits per heavy atom. The summed E-state index contributed by atoms with van der Waals surface area (Å²) in [5.74, 6) is -0.584. The molecule has 0 unspecified atom stereocenters. The number of carbonyl (C=O) groups excluding carboxylic acids is 2. The minimum Gasteiger partial charge on any atom is -0.379 e. The van der Waals surface area contributed by atoms with Crippen molar-refractivity contribution in [2.24, 2.45) is 5.41 Å². The number of nitrogens with zero attached hydrogens (tertiary/aromatic N) is 3.